The van der Waals surface area contributed by atoms with Gasteiger partial charge in [-0.3, -0.25) is 0 Å². The molecule has 2 aliphatic carbocycles. The van der Waals surface area contributed by atoms with Crippen molar-refractivity contribution in [2.75, 3.05) is 0 Å². The maximum Gasteiger partial charge on any atom is 0.335 e. The molecule has 0 bridgehead atoms. The van der Waals surface area contributed by atoms with Gasteiger partial charge in [0.25, 0.3) is 0 Å². The van der Waals surface area contributed by atoms with E-state index in [1.807, 2.05) is 0 Å². The Labute approximate surface area is 104 Å². The quantitative estimate of drug-likeness (QED) is 0.802. The average molecular weight is 240 g/mol. The van der Waals surface area contributed by atoms with Crippen molar-refractivity contribution in [2.45, 2.75) is 70.5 Å². The van der Waals surface area contributed by atoms with Crippen LogP contribution in [0, 0.1) is 11.8 Å². The lowest BCUT2D eigenvalue weighted by atomic mass is 9.84. The van der Waals surface area contributed by atoms with Crippen molar-refractivity contribution < 1.29 is 14.6 Å². The van der Waals surface area contributed by atoms with Crippen LogP contribution >= 0.6 is 0 Å². The van der Waals surface area contributed by atoms with Gasteiger partial charge in [0.1, 0.15) is 0 Å². The molecule has 0 spiro atoms. The van der Waals surface area contributed by atoms with Gasteiger partial charge >= 0.3 is 5.97 Å². The van der Waals surface area contributed by atoms with Crippen molar-refractivity contribution in [1.29, 1.82) is 0 Å². The van der Waals surface area contributed by atoms with Crippen LogP contribution in [0.3, 0.4) is 0 Å². The Morgan fingerprint density at radius 2 is 1.94 bits per heavy atom. The number of aliphatic carboxylic acids is 1. The summed E-state index contributed by atoms with van der Waals surface area (Å²) in [6.07, 6.45) is 7.96. The maximum atomic E-state index is 11.4. The number of carbonyl (C=O) groups is 1. The van der Waals surface area contributed by atoms with Gasteiger partial charge in [0, 0.05) is 0 Å². The molecule has 0 amide bonds. The van der Waals surface area contributed by atoms with Crippen molar-refractivity contribution in [3.05, 3.63) is 0 Å². The predicted molar refractivity (Wildman–Crippen MR) is 65.9 cm³/mol. The second-order valence-electron chi connectivity index (χ2n) is 5.80. The van der Waals surface area contributed by atoms with Gasteiger partial charge in [-0.1, -0.05) is 26.2 Å². The summed E-state index contributed by atoms with van der Waals surface area (Å²) < 4.78 is 6.07. The Morgan fingerprint density at radius 1 is 1.29 bits per heavy atom. The molecule has 0 saturated heterocycles. The third-order valence-corrected chi connectivity index (χ3v) is 4.54. The highest BCUT2D eigenvalue weighted by Gasteiger charge is 2.50. The molecule has 3 nitrogen and oxygen atoms in total. The number of rotatable bonds is 5. The minimum atomic E-state index is -0.935. The minimum absolute atomic E-state index is 0.162. The van der Waals surface area contributed by atoms with Crippen LogP contribution in [0.2, 0.25) is 0 Å². The zero-order valence-electron chi connectivity index (χ0n) is 10.9. The zero-order chi connectivity index (χ0) is 12.5. The van der Waals surface area contributed by atoms with Gasteiger partial charge in [0.05, 0.1) is 6.10 Å². The Balaban J connectivity index is 2.03. The van der Waals surface area contributed by atoms with Crippen molar-refractivity contribution >= 4 is 5.97 Å². The van der Waals surface area contributed by atoms with E-state index in [2.05, 4.69) is 6.92 Å². The minimum Gasteiger partial charge on any atom is -0.479 e. The van der Waals surface area contributed by atoms with Crippen LogP contribution in [0.25, 0.3) is 0 Å². The van der Waals surface area contributed by atoms with Gasteiger partial charge < -0.3 is 9.84 Å². The Kier molecular flexibility index (Phi) is 3.76. The number of carboxylic acids is 1. The van der Waals surface area contributed by atoms with Crippen molar-refractivity contribution in [3.8, 4) is 0 Å². The van der Waals surface area contributed by atoms with E-state index in [-0.39, 0.29) is 12.0 Å². The molecule has 0 aromatic rings. The molecule has 0 aromatic heterocycles. The summed E-state index contributed by atoms with van der Waals surface area (Å²) in [5.74, 6) is 0.0148. The van der Waals surface area contributed by atoms with Gasteiger partial charge in [0.2, 0.25) is 0 Å². The van der Waals surface area contributed by atoms with Crippen LogP contribution < -0.4 is 0 Å². The molecule has 1 N–H and O–H groups in total. The van der Waals surface area contributed by atoms with E-state index >= 15 is 0 Å². The molecule has 2 fully saturated rings. The molecule has 17 heavy (non-hydrogen) atoms. The van der Waals surface area contributed by atoms with Crippen LogP contribution in [0.5, 0.6) is 0 Å². The average Bonchev–Trinajstić information content (AvgIpc) is 3.13. The summed E-state index contributed by atoms with van der Waals surface area (Å²) in [5, 5.41) is 9.41. The molecule has 98 valence electrons. The van der Waals surface area contributed by atoms with E-state index in [4.69, 9.17) is 4.74 Å². The van der Waals surface area contributed by atoms with E-state index in [1.54, 1.807) is 6.92 Å². The lowest BCUT2D eigenvalue weighted by Gasteiger charge is -2.37. The van der Waals surface area contributed by atoms with Crippen LogP contribution in [0.1, 0.15) is 58.8 Å². The smallest absolute Gasteiger partial charge is 0.335 e. The zero-order valence-corrected chi connectivity index (χ0v) is 10.9. The van der Waals surface area contributed by atoms with E-state index < -0.39 is 11.6 Å². The SMILES string of the molecule is CCC1CCCCC1OC(C)(C(=O)O)C1CC1. The second kappa shape index (κ2) is 4.97. The maximum absolute atomic E-state index is 11.4. The summed E-state index contributed by atoms with van der Waals surface area (Å²) in [5.41, 5.74) is -0.935. The molecule has 3 atom stereocenters. The van der Waals surface area contributed by atoms with Crippen LogP contribution in [-0.2, 0) is 9.53 Å². The number of ether oxygens (including phenoxy) is 1. The molecule has 2 rings (SSSR count). The predicted octanol–water partition coefficient (Wildman–Crippen LogP) is 3.23. The Morgan fingerprint density at radius 3 is 2.47 bits per heavy atom. The lowest BCUT2D eigenvalue weighted by molar-refractivity contribution is -0.182. The van der Waals surface area contributed by atoms with Crippen LogP contribution in [0.4, 0.5) is 0 Å². The monoisotopic (exact) mass is 240 g/mol. The number of hydrogen-bond acceptors (Lipinski definition) is 2. The van der Waals surface area contributed by atoms with E-state index in [9.17, 15) is 9.90 Å². The Hall–Kier alpha value is -0.570. The standard InChI is InChI=1S/C14H24O3/c1-3-10-6-4-5-7-12(10)17-14(2,13(15)16)11-8-9-11/h10-12H,3-9H2,1-2H3,(H,15,16). The molecular formula is C14H24O3. The fourth-order valence-corrected chi connectivity index (χ4v) is 3.07. The van der Waals surface area contributed by atoms with Gasteiger partial charge in [-0.25, -0.2) is 4.79 Å². The summed E-state index contributed by atoms with van der Waals surface area (Å²) in [6, 6.07) is 0. The van der Waals surface area contributed by atoms with E-state index in [0.717, 1.165) is 25.7 Å². The fraction of sp³-hybridized carbons (Fsp3) is 0.929. The van der Waals surface area contributed by atoms with Crippen molar-refractivity contribution in [2.24, 2.45) is 11.8 Å². The van der Waals surface area contributed by atoms with Crippen LogP contribution in [0.15, 0.2) is 0 Å². The summed E-state index contributed by atoms with van der Waals surface area (Å²) in [6.45, 7) is 3.95. The van der Waals surface area contributed by atoms with Gasteiger partial charge in [0.15, 0.2) is 5.60 Å². The normalized spacial score (nSPS) is 33.1. The highest BCUT2D eigenvalue weighted by atomic mass is 16.5. The summed E-state index contributed by atoms with van der Waals surface area (Å²) >= 11 is 0. The first-order valence-electron chi connectivity index (χ1n) is 6.99. The first-order valence-corrected chi connectivity index (χ1v) is 6.99. The first kappa shape index (κ1) is 12.9. The molecule has 3 heteroatoms. The third kappa shape index (κ3) is 2.65. The fourth-order valence-electron chi connectivity index (χ4n) is 3.07. The van der Waals surface area contributed by atoms with Crippen molar-refractivity contribution in [1.82, 2.24) is 0 Å². The largest absolute Gasteiger partial charge is 0.479 e. The summed E-state index contributed by atoms with van der Waals surface area (Å²) in [7, 11) is 0. The van der Waals surface area contributed by atoms with E-state index in [0.29, 0.717) is 5.92 Å². The number of hydrogen-bond donors (Lipinski definition) is 1. The molecule has 0 radical (unpaired) electrons. The molecule has 2 saturated carbocycles. The highest BCUT2D eigenvalue weighted by Crippen LogP contribution is 2.44. The molecule has 2 aliphatic rings. The van der Waals surface area contributed by atoms with Gasteiger partial charge in [-0.2, -0.15) is 0 Å². The highest BCUT2D eigenvalue weighted by molar-refractivity contribution is 5.78. The topological polar surface area (TPSA) is 46.5 Å². The third-order valence-electron chi connectivity index (χ3n) is 4.54. The number of carboxylic acid groups (broad SMARTS) is 1. The van der Waals surface area contributed by atoms with E-state index in [1.165, 1.54) is 19.3 Å². The Bertz CT molecular complexity index is 285. The van der Waals surface area contributed by atoms with Gasteiger partial charge in [-0.05, 0) is 44.4 Å². The van der Waals surface area contributed by atoms with Crippen molar-refractivity contribution in [3.63, 3.8) is 0 Å². The first-order chi connectivity index (χ1) is 8.08. The summed E-state index contributed by atoms with van der Waals surface area (Å²) in [4.78, 5) is 11.4. The molecule has 3 unspecified atom stereocenters. The van der Waals surface area contributed by atoms with Crippen LogP contribution in [-0.4, -0.2) is 22.8 Å². The molecular weight excluding hydrogens is 216 g/mol. The van der Waals surface area contributed by atoms with Gasteiger partial charge in [-0.15, -0.1) is 0 Å². The molecule has 0 aromatic carbocycles. The molecule has 0 aliphatic heterocycles. The lowest BCUT2D eigenvalue weighted by Crippen LogP contribution is -2.46. The second-order valence-corrected chi connectivity index (χ2v) is 5.80. The molecule has 0 heterocycles.